The molecule has 0 fully saturated rings. The molecule has 1 N–H and O–H groups in total. The van der Waals surface area contributed by atoms with Crippen molar-refractivity contribution in [3.63, 3.8) is 0 Å². The van der Waals surface area contributed by atoms with E-state index in [2.05, 4.69) is 52.7 Å². The summed E-state index contributed by atoms with van der Waals surface area (Å²) >= 11 is 1.70. The van der Waals surface area contributed by atoms with Crippen LogP contribution in [0.4, 0.5) is 0 Å². The van der Waals surface area contributed by atoms with Crippen molar-refractivity contribution in [1.29, 1.82) is 0 Å². The number of aromatic nitrogens is 4. The van der Waals surface area contributed by atoms with Crippen molar-refractivity contribution in [2.24, 2.45) is 0 Å². The molecule has 0 atom stereocenters. The lowest BCUT2D eigenvalue weighted by molar-refractivity contribution is 0.241. The van der Waals surface area contributed by atoms with Crippen LogP contribution >= 0.6 is 11.3 Å². The number of para-hydroxylation sites is 1. The Morgan fingerprint density at radius 3 is 2.81 bits per heavy atom. The Morgan fingerprint density at radius 2 is 2.03 bits per heavy atom. The van der Waals surface area contributed by atoms with Crippen LogP contribution in [0, 0.1) is 0 Å². The van der Waals surface area contributed by atoms with Crippen molar-refractivity contribution in [2.75, 3.05) is 6.54 Å². The van der Waals surface area contributed by atoms with Crippen LogP contribution in [0.3, 0.4) is 0 Å². The fourth-order valence-corrected chi connectivity index (χ4v) is 4.87. The third kappa shape index (κ3) is 4.11. The zero-order valence-corrected chi connectivity index (χ0v) is 18.4. The number of hydrogen-bond acceptors (Lipinski definition) is 5. The molecule has 0 radical (unpaired) electrons. The largest absolute Gasteiger partial charge is 0.310 e. The molecule has 158 valence electrons. The maximum absolute atomic E-state index is 12.7. The summed E-state index contributed by atoms with van der Waals surface area (Å²) in [6.07, 6.45) is 4.71. The highest BCUT2D eigenvalue weighted by Gasteiger charge is 2.23. The average Bonchev–Trinajstić information content (AvgIpc) is 3.45. The predicted octanol–water partition coefficient (Wildman–Crippen LogP) is 4.19. The van der Waals surface area contributed by atoms with Crippen LogP contribution in [0.5, 0.6) is 0 Å². The minimum atomic E-state index is 0.0108. The van der Waals surface area contributed by atoms with Gasteiger partial charge in [0.25, 0.3) is 5.56 Å². The van der Waals surface area contributed by atoms with Crippen LogP contribution in [0.15, 0.2) is 58.8 Å². The minimum Gasteiger partial charge on any atom is -0.310 e. The van der Waals surface area contributed by atoms with Crippen LogP contribution in [-0.4, -0.2) is 31.2 Å². The van der Waals surface area contributed by atoms with Gasteiger partial charge in [-0.3, -0.25) is 9.69 Å². The Labute approximate surface area is 185 Å². The normalized spacial score (nSPS) is 14.0. The van der Waals surface area contributed by atoms with Gasteiger partial charge >= 0.3 is 0 Å². The molecule has 5 rings (SSSR count). The lowest BCUT2D eigenvalue weighted by Crippen LogP contribution is -2.35. The molecule has 0 aliphatic carbocycles. The van der Waals surface area contributed by atoms with Gasteiger partial charge in [-0.15, -0.1) is 11.3 Å². The zero-order valence-electron chi connectivity index (χ0n) is 17.5. The van der Waals surface area contributed by atoms with Gasteiger partial charge < -0.3 is 4.98 Å². The maximum Gasteiger partial charge on any atom is 0.255 e. The van der Waals surface area contributed by atoms with Gasteiger partial charge in [0.15, 0.2) is 0 Å². The second kappa shape index (κ2) is 8.61. The van der Waals surface area contributed by atoms with Crippen molar-refractivity contribution < 1.29 is 0 Å². The highest BCUT2D eigenvalue weighted by molar-refractivity contribution is 7.13. The number of fused-ring (bicyclic) bond motifs is 1. The topological polar surface area (TPSA) is 66.8 Å². The SMILES string of the molecule is CCCc1nc2c(c(=O)[nH]1)CN(Cc1cn(-c3ccccc3)nc1-c1cccs1)CC2. The van der Waals surface area contributed by atoms with Crippen LogP contribution in [-0.2, 0) is 25.9 Å². The summed E-state index contributed by atoms with van der Waals surface area (Å²) in [4.78, 5) is 23.8. The first-order chi connectivity index (χ1) is 15.2. The Kier molecular flexibility index (Phi) is 5.53. The van der Waals surface area contributed by atoms with E-state index < -0.39 is 0 Å². The van der Waals surface area contributed by atoms with E-state index in [1.807, 2.05) is 22.9 Å². The first kappa shape index (κ1) is 19.9. The Balaban J connectivity index is 1.44. The Bertz CT molecular complexity index is 1230. The van der Waals surface area contributed by atoms with E-state index in [0.29, 0.717) is 6.54 Å². The number of benzene rings is 1. The molecular formula is C24H25N5OS. The summed E-state index contributed by atoms with van der Waals surface area (Å²) in [7, 11) is 0. The van der Waals surface area contributed by atoms with E-state index in [1.165, 1.54) is 5.56 Å². The van der Waals surface area contributed by atoms with Crippen molar-refractivity contribution >= 4 is 11.3 Å². The highest BCUT2D eigenvalue weighted by Crippen LogP contribution is 2.29. The number of aryl methyl sites for hydroxylation is 1. The monoisotopic (exact) mass is 431 g/mol. The molecule has 1 aromatic carbocycles. The van der Waals surface area contributed by atoms with Gasteiger partial charge in [-0.1, -0.05) is 31.2 Å². The standard InChI is InChI=1S/C24H25N5OS/c1-2-7-22-25-20-11-12-28(16-19(20)24(30)26-22)14-17-15-29(18-8-4-3-5-9-18)27-23(17)21-10-6-13-31-21/h3-6,8-10,13,15H,2,7,11-12,14,16H2,1H3,(H,25,26,30). The van der Waals surface area contributed by atoms with E-state index in [0.717, 1.165) is 65.7 Å². The molecule has 0 spiro atoms. The van der Waals surface area contributed by atoms with Gasteiger partial charge in [0.05, 0.1) is 21.8 Å². The number of H-pyrrole nitrogens is 1. The first-order valence-electron chi connectivity index (χ1n) is 10.7. The summed E-state index contributed by atoms with van der Waals surface area (Å²) in [5, 5.41) is 6.98. The minimum absolute atomic E-state index is 0.0108. The van der Waals surface area contributed by atoms with Gasteiger partial charge in [0.1, 0.15) is 11.5 Å². The molecule has 4 aromatic rings. The van der Waals surface area contributed by atoms with Crippen LogP contribution < -0.4 is 5.56 Å². The first-order valence-corrected chi connectivity index (χ1v) is 11.6. The van der Waals surface area contributed by atoms with Gasteiger partial charge in [-0.05, 0) is 30.0 Å². The van der Waals surface area contributed by atoms with Crippen molar-refractivity contribution in [1.82, 2.24) is 24.6 Å². The molecule has 0 saturated carbocycles. The second-order valence-electron chi connectivity index (χ2n) is 7.91. The summed E-state index contributed by atoms with van der Waals surface area (Å²) in [5.41, 5.74) is 4.99. The fraction of sp³-hybridized carbons (Fsp3) is 0.292. The van der Waals surface area contributed by atoms with Crippen LogP contribution in [0.1, 0.15) is 36.0 Å². The van der Waals surface area contributed by atoms with Crippen molar-refractivity contribution in [3.05, 3.63) is 87.0 Å². The number of hydrogen-bond donors (Lipinski definition) is 1. The van der Waals surface area contributed by atoms with Crippen LogP contribution in [0.25, 0.3) is 16.3 Å². The molecular weight excluding hydrogens is 406 g/mol. The molecule has 1 aliphatic heterocycles. The smallest absolute Gasteiger partial charge is 0.255 e. The van der Waals surface area contributed by atoms with E-state index in [1.54, 1.807) is 11.3 Å². The molecule has 3 aromatic heterocycles. The van der Waals surface area contributed by atoms with Crippen molar-refractivity contribution in [2.45, 2.75) is 39.3 Å². The molecule has 0 amide bonds. The van der Waals surface area contributed by atoms with E-state index in [9.17, 15) is 4.79 Å². The summed E-state index contributed by atoms with van der Waals surface area (Å²) in [5.74, 6) is 0.809. The number of aromatic amines is 1. The molecule has 0 bridgehead atoms. The Morgan fingerprint density at radius 1 is 1.16 bits per heavy atom. The lowest BCUT2D eigenvalue weighted by Gasteiger charge is -2.27. The van der Waals surface area contributed by atoms with Gasteiger partial charge in [-0.2, -0.15) is 5.10 Å². The van der Waals surface area contributed by atoms with Gasteiger partial charge in [0, 0.05) is 44.2 Å². The van der Waals surface area contributed by atoms with E-state index in [-0.39, 0.29) is 5.56 Å². The quantitative estimate of drug-likeness (QED) is 0.497. The number of thiophene rings is 1. The molecule has 6 nitrogen and oxygen atoms in total. The van der Waals surface area contributed by atoms with Crippen molar-refractivity contribution in [3.8, 4) is 16.3 Å². The summed E-state index contributed by atoms with van der Waals surface area (Å²) in [6, 6.07) is 14.3. The zero-order chi connectivity index (χ0) is 21.2. The van der Waals surface area contributed by atoms with Gasteiger partial charge in [0.2, 0.25) is 0 Å². The molecule has 31 heavy (non-hydrogen) atoms. The molecule has 0 saturated heterocycles. The highest BCUT2D eigenvalue weighted by atomic mass is 32.1. The molecule has 1 aliphatic rings. The summed E-state index contributed by atoms with van der Waals surface area (Å²) < 4.78 is 1.95. The third-order valence-electron chi connectivity index (χ3n) is 5.64. The second-order valence-corrected chi connectivity index (χ2v) is 8.86. The van der Waals surface area contributed by atoms with E-state index >= 15 is 0 Å². The number of nitrogens with zero attached hydrogens (tertiary/aromatic N) is 4. The predicted molar refractivity (Wildman–Crippen MR) is 124 cm³/mol. The lowest BCUT2D eigenvalue weighted by atomic mass is 10.1. The number of rotatable bonds is 6. The third-order valence-corrected chi connectivity index (χ3v) is 6.52. The maximum atomic E-state index is 12.7. The Hall–Kier alpha value is -3.03. The molecule has 0 unspecified atom stereocenters. The summed E-state index contributed by atoms with van der Waals surface area (Å²) in [6.45, 7) is 4.34. The van der Waals surface area contributed by atoms with Crippen LogP contribution in [0.2, 0.25) is 0 Å². The average molecular weight is 432 g/mol. The number of nitrogens with one attached hydrogen (secondary N) is 1. The molecule has 4 heterocycles. The fourth-order valence-electron chi connectivity index (χ4n) is 4.12. The molecule has 7 heteroatoms. The van der Waals surface area contributed by atoms with E-state index in [4.69, 9.17) is 10.1 Å². The van der Waals surface area contributed by atoms with Gasteiger partial charge in [-0.25, -0.2) is 9.67 Å².